The van der Waals surface area contributed by atoms with E-state index in [0.29, 0.717) is 16.5 Å². The summed E-state index contributed by atoms with van der Waals surface area (Å²) in [4.78, 5) is 11.1. The minimum absolute atomic E-state index is 0.0601. The lowest BCUT2D eigenvalue weighted by Crippen LogP contribution is -2.47. The number of benzene rings is 2. The topological polar surface area (TPSA) is 70.0 Å². The first kappa shape index (κ1) is 22.0. The molecule has 0 amide bonds. The van der Waals surface area contributed by atoms with Gasteiger partial charge < -0.3 is 9.52 Å². The average Bonchev–Trinajstić information content (AvgIpc) is 3.61. The van der Waals surface area contributed by atoms with E-state index < -0.39 is 0 Å². The molecule has 0 aliphatic carbocycles. The Hall–Kier alpha value is -3.46. The number of nitrogens with zero attached hydrogens (tertiary/aromatic N) is 5. The number of fused-ring (bicyclic) bond motifs is 1. The van der Waals surface area contributed by atoms with Crippen LogP contribution >= 0.6 is 11.3 Å². The van der Waals surface area contributed by atoms with Gasteiger partial charge in [0.05, 0.1) is 17.2 Å². The lowest BCUT2D eigenvalue weighted by molar-refractivity contribution is 0.105. The maximum atomic E-state index is 11.3. The van der Waals surface area contributed by atoms with Crippen LogP contribution < -0.4 is 0 Å². The third-order valence-corrected chi connectivity index (χ3v) is 7.68. The molecule has 0 bridgehead atoms. The van der Waals surface area contributed by atoms with Gasteiger partial charge in [0.1, 0.15) is 0 Å². The van der Waals surface area contributed by atoms with Crippen LogP contribution in [0.5, 0.6) is 5.88 Å². The Bertz CT molecular complexity index is 1400. The number of aryl methyl sites for hydroxylation is 1. The fourth-order valence-electron chi connectivity index (χ4n) is 4.74. The maximum absolute atomic E-state index is 11.3. The fourth-order valence-corrected chi connectivity index (χ4v) is 5.85. The molecule has 1 aliphatic heterocycles. The van der Waals surface area contributed by atoms with Crippen LogP contribution in [0.3, 0.4) is 0 Å². The first-order chi connectivity index (χ1) is 17.2. The zero-order valence-corrected chi connectivity index (χ0v) is 20.4. The minimum atomic E-state index is -0.0601. The largest absolute Gasteiger partial charge is 0.492 e. The van der Waals surface area contributed by atoms with Crippen molar-refractivity contribution in [1.82, 2.24) is 24.4 Å². The van der Waals surface area contributed by atoms with E-state index in [-0.39, 0.29) is 11.9 Å². The Balaban J connectivity index is 1.29. The van der Waals surface area contributed by atoms with Gasteiger partial charge in [0.15, 0.2) is 5.76 Å². The minimum Gasteiger partial charge on any atom is -0.492 e. The van der Waals surface area contributed by atoms with Crippen molar-refractivity contribution < 1.29 is 9.52 Å². The highest BCUT2D eigenvalue weighted by atomic mass is 32.1. The molecule has 178 valence electrons. The maximum Gasteiger partial charge on any atom is 0.230 e. The second-order valence-corrected chi connectivity index (χ2v) is 10.0. The van der Waals surface area contributed by atoms with Crippen LogP contribution in [0.1, 0.15) is 27.6 Å². The molecule has 0 saturated carbocycles. The molecule has 1 atom stereocenters. The van der Waals surface area contributed by atoms with Gasteiger partial charge in [0, 0.05) is 32.7 Å². The molecule has 4 heterocycles. The van der Waals surface area contributed by atoms with E-state index in [0.717, 1.165) is 43.2 Å². The van der Waals surface area contributed by atoms with Gasteiger partial charge in [-0.25, -0.2) is 0 Å². The van der Waals surface area contributed by atoms with Crippen molar-refractivity contribution in [2.24, 2.45) is 0 Å². The molecular formula is C27H27N5O2S. The first-order valence-electron chi connectivity index (χ1n) is 11.8. The quantitative estimate of drug-likeness (QED) is 0.366. The first-order valence-corrected chi connectivity index (χ1v) is 12.7. The lowest BCUT2D eigenvalue weighted by Gasteiger charge is -2.39. The van der Waals surface area contributed by atoms with E-state index in [1.807, 2.05) is 6.07 Å². The summed E-state index contributed by atoms with van der Waals surface area (Å²) < 4.78 is 6.97. The van der Waals surface area contributed by atoms with E-state index >= 15 is 0 Å². The number of furan rings is 1. The zero-order chi connectivity index (χ0) is 23.8. The Morgan fingerprint density at radius 3 is 2.43 bits per heavy atom. The molecule has 3 aromatic heterocycles. The van der Waals surface area contributed by atoms with E-state index in [9.17, 15) is 5.11 Å². The van der Waals surface area contributed by atoms with Crippen LogP contribution in [0.25, 0.3) is 16.5 Å². The number of aromatic nitrogens is 3. The number of hydrogen-bond acceptors (Lipinski definition) is 7. The summed E-state index contributed by atoms with van der Waals surface area (Å²) in [5.41, 5.74) is 3.72. The Kier molecular flexibility index (Phi) is 5.85. The third-order valence-electron chi connectivity index (χ3n) is 6.60. The van der Waals surface area contributed by atoms with Crippen LogP contribution in [-0.4, -0.2) is 55.7 Å². The summed E-state index contributed by atoms with van der Waals surface area (Å²) in [5.74, 6) is 1.21. The van der Waals surface area contributed by atoms with Crippen molar-refractivity contribution in [1.29, 1.82) is 0 Å². The highest BCUT2D eigenvalue weighted by Gasteiger charge is 2.32. The molecule has 2 aromatic carbocycles. The van der Waals surface area contributed by atoms with Gasteiger partial charge in [-0.05, 0) is 30.2 Å². The Morgan fingerprint density at radius 1 is 0.971 bits per heavy atom. The molecule has 1 saturated heterocycles. The Morgan fingerprint density at radius 2 is 1.74 bits per heavy atom. The van der Waals surface area contributed by atoms with Crippen molar-refractivity contribution >= 4 is 16.3 Å². The number of hydrogen-bond donors (Lipinski definition) is 1. The van der Waals surface area contributed by atoms with E-state index in [1.54, 1.807) is 12.3 Å². The molecule has 7 nitrogen and oxygen atoms in total. The molecule has 1 N–H and O–H groups in total. The van der Waals surface area contributed by atoms with Gasteiger partial charge in [-0.3, -0.25) is 9.80 Å². The standard InChI is InChI=1S/C27H27N5O2S/c1-19-9-11-21(12-10-19)23(31-15-13-30(14-16-31)18-20-6-3-2-4-7-20)24-26(33)32-27(35-24)28-25(29-32)22-8-5-17-34-22/h2-12,17,23,33H,13-16,18H2,1H3/t23-/m1/s1. The molecule has 35 heavy (non-hydrogen) atoms. The summed E-state index contributed by atoms with van der Waals surface area (Å²) in [6.07, 6.45) is 1.60. The monoisotopic (exact) mass is 485 g/mol. The average molecular weight is 486 g/mol. The van der Waals surface area contributed by atoms with E-state index in [4.69, 9.17) is 4.42 Å². The summed E-state index contributed by atoms with van der Waals surface area (Å²) in [7, 11) is 0. The molecule has 0 radical (unpaired) electrons. The highest BCUT2D eigenvalue weighted by molar-refractivity contribution is 7.17. The molecule has 1 fully saturated rings. The van der Waals surface area contributed by atoms with Gasteiger partial charge in [-0.15, -0.1) is 5.10 Å². The van der Waals surface area contributed by atoms with Crippen molar-refractivity contribution in [2.45, 2.75) is 19.5 Å². The summed E-state index contributed by atoms with van der Waals surface area (Å²) in [6.45, 7) is 6.83. The van der Waals surface area contributed by atoms with Crippen LogP contribution in [0.2, 0.25) is 0 Å². The molecule has 5 aromatic rings. The molecule has 0 unspecified atom stereocenters. The van der Waals surface area contributed by atoms with Gasteiger partial charge in [-0.2, -0.15) is 9.50 Å². The second-order valence-electron chi connectivity index (χ2n) is 9.01. The molecule has 1 aliphatic rings. The predicted octanol–water partition coefficient (Wildman–Crippen LogP) is 4.97. The van der Waals surface area contributed by atoms with Crippen molar-refractivity contribution in [2.75, 3.05) is 26.2 Å². The summed E-state index contributed by atoms with van der Waals surface area (Å²) in [5, 5.41) is 15.8. The number of rotatable bonds is 6. The van der Waals surface area contributed by atoms with Crippen molar-refractivity contribution in [3.8, 4) is 17.5 Å². The molecule has 6 rings (SSSR count). The van der Waals surface area contributed by atoms with Gasteiger partial charge >= 0.3 is 0 Å². The number of piperazine rings is 1. The van der Waals surface area contributed by atoms with Crippen LogP contribution in [0.15, 0.2) is 77.4 Å². The molecule has 0 spiro atoms. The Labute approximate surface area is 207 Å². The highest BCUT2D eigenvalue weighted by Crippen LogP contribution is 2.41. The predicted molar refractivity (Wildman–Crippen MR) is 137 cm³/mol. The van der Waals surface area contributed by atoms with Crippen LogP contribution in [0.4, 0.5) is 0 Å². The van der Waals surface area contributed by atoms with Gasteiger partial charge in [-0.1, -0.05) is 71.5 Å². The molecule has 8 heteroatoms. The lowest BCUT2D eigenvalue weighted by atomic mass is 10.0. The third kappa shape index (κ3) is 4.36. The smallest absolute Gasteiger partial charge is 0.230 e. The van der Waals surface area contributed by atoms with Crippen LogP contribution in [-0.2, 0) is 6.54 Å². The summed E-state index contributed by atoms with van der Waals surface area (Å²) in [6, 6.07) is 22.8. The van der Waals surface area contributed by atoms with Gasteiger partial charge in [0.25, 0.3) is 0 Å². The number of aromatic hydroxyl groups is 1. The normalized spacial score (nSPS) is 16.1. The van der Waals surface area contributed by atoms with E-state index in [2.05, 4.69) is 81.4 Å². The molecular weight excluding hydrogens is 458 g/mol. The fraction of sp³-hybridized carbons (Fsp3) is 0.259. The van der Waals surface area contributed by atoms with Crippen molar-refractivity contribution in [3.05, 3.63) is 94.6 Å². The van der Waals surface area contributed by atoms with Crippen molar-refractivity contribution in [3.63, 3.8) is 0 Å². The number of thiazole rings is 1. The summed E-state index contributed by atoms with van der Waals surface area (Å²) >= 11 is 1.49. The SMILES string of the molecule is Cc1ccc([C@H](c2sc3nc(-c4ccco4)nn3c2O)N2CCN(Cc3ccccc3)CC2)cc1. The van der Waals surface area contributed by atoms with E-state index in [1.165, 1.54) is 27.0 Å². The van der Waals surface area contributed by atoms with Gasteiger partial charge in [0.2, 0.25) is 16.7 Å². The second kappa shape index (κ2) is 9.30. The van der Waals surface area contributed by atoms with Crippen LogP contribution in [0, 0.1) is 6.92 Å². The zero-order valence-electron chi connectivity index (χ0n) is 19.5.